The number of carbonyl (C=O) groups excluding carboxylic acids is 2. The summed E-state index contributed by atoms with van der Waals surface area (Å²) in [6, 6.07) is 14.3. The van der Waals surface area contributed by atoms with Gasteiger partial charge in [-0.25, -0.2) is 9.59 Å². The van der Waals surface area contributed by atoms with Crippen molar-refractivity contribution < 1.29 is 19.1 Å². The van der Waals surface area contributed by atoms with Crippen molar-refractivity contribution in [2.24, 2.45) is 0 Å². The zero-order valence-electron chi connectivity index (χ0n) is 16.3. The summed E-state index contributed by atoms with van der Waals surface area (Å²) in [6.45, 7) is 4.12. The van der Waals surface area contributed by atoms with Gasteiger partial charge in [-0.2, -0.15) is 0 Å². The van der Waals surface area contributed by atoms with Crippen molar-refractivity contribution in [3.63, 3.8) is 0 Å². The number of esters is 1. The SMILES string of the molecule is CCN1CC(CN(C)C(=O)Nc2cccc(C(=O)OC)c2)Oc2ccccc21. The first-order valence-corrected chi connectivity index (χ1v) is 9.23. The normalized spacial score (nSPS) is 15.2. The van der Waals surface area contributed by atoms with E-state index in [9.17, 15) is 9.59 Å². The van der Waals surface area contributed by atoms with Crippen molar-refractivity contribution in [3.8, 4) is 5.75 Å². The van der Waals surface area contributed by atoms with Gasteiger partial charge in [0.15, 0.2) is 0 Å². The molecule has 7 nitrogen and oxygen atoms in total. The van der Waals surface area contributed by atoms with Crippen molar-refractivity contribution >= 4 is 23.4 Å². The third-order valence-electron chi connectivity index (χ3n) is 4.66. The minimum absolute atomic E-state index is 0.132. The van der Waals surface area contributed by atoms with Crippen molar-refractivity contribution in [1.29, 1.82) is 0 Å². The van der Waals surface area contributed by atoms with Crippen LogP contribution in [0, 0.1) is 0 Å². The second-order valence-corrected chi connectivity index (χ2v) is 6.63. The second-order valence-electron chi connectivity index (χ2n) is 6.63. The average Bonchev–Trinajstić information content (AvgIpc) is 2.72. The lowest BCUT2D eigenvalue weighted by atomic mass is 10.2. The molecule has 0 radical (unpaired) electrons. The number of methoxy groups -OCH3 is 1. The van der Waals surface area contributed by atoms with Crippen LogP contribution < -0.4 is 15.0 Å². The number of fused-ring (bicyclic) bond motifs is 1. The first-order valence-electron chi connectivity index (χ1n) is 9.23. The fourth-order valence-corrected chi connectivity index (χ4v) is 3.22. The molecule has 0 saturated heterocycles. The summed E-state index contributed by atoms with van der Waals surface area (Å²) >= 11 is 0. The number of urea groups is 1. The van der Waals surface area contributed by atoms with E-state index in [1.165, 1.54) is 7.11 Å². The highest BCUT2D eigenvalue weighted by Gasteiger charge is 2.26. The van der Waals surface area contributed by atoms with Gasteiger partial charge in [-0.3, -0.25) is 0 Å². The van der Waals surface area contributed by atoms with E-state index in [1.807, 2.05) is 24.3 Å². The van der Waals surface area contributed by atoms with Gasteiger partial charge in [0.25, 0.3) is 0 Å². The molecule has 1 atom stereocenters. The van der Waals surface area contributed by atoms with E-state index < -0.39 is 5.97 Å². The molecule has 1 aliphatic heterocycles. The van der Waals surface area contributed by atoms with E-state index >= 15 is 0 Å². The lowest BCUT2D eigenvalue weighted by molar-refractivity contribution is 0.0600. The molecule has 2 aromatic rings. The predicted octanol–water partition coefficient (Wildman–Crippen LogP) is 3.22. The van der Waals surface area contributed by atoms with Gasteiger partial charge < -0.3 is 24.6 Å². The molecule has 28 heavy (non-hydrogen) atoms. The van der Waals surface area contributed by atoms with Gasteiger partial charge in [0, 0.05) is 19.3 Å². The first-order chi connectivity index (χ1) is 13.5. The Morgan fingerprint density at radius 3 is 2.79 bits per heavy atom. The number of amides is 2. The molecule has 0 fully saturated rings. The first kappa shape index (κ1) is 19.5. The van der Waals surface area contributed by atoms with E-state index in [0.717, 1.165) is 18.0 Å². The molecule has 148 valence electrons. The van der Waals surface area contributed by atoms with Crippen molar-refractivity contribution in [2.45, 2.75) is 13.0 Å². The number of ether oxygens (including phenoxy) is 2. The molecule has 1 unspecified atom stereocenters. The number of anilines is 2. The number of para-hydroxylation sites is 2. The molecular formula is C21H25N3O4. The zero-order chi connectivity index (χ0) is 20.1. The number of hydrogen-bond donors (Lipinski definition) is 1. The highest BCUT2D eigenvalue weighted by Crippen LogP contribution is 2.32. The molecule has 2 aromatic carbocycles. The van der Waals surface area contributed by atoms with Crippen molar-refractivity contribution in [2.75, 3.05) is 44.0 Å². The number of likely N-dealkylation sites (N-methyl/N-ethyl adjacent to an activating group) is 2. The molecule has 1 N–H and O–H groups in total. The third-order valence-corrected chi connectivity index (χ3v) is 4.66. The van der Waals surface area contributed by atoms with Gasteiger partial charge in [-0.1, -0.05) is 18.2 Å². The Bertz CT molecular complexity index is 855. The Morgan fingerprint density at radius 2 is 2.04 bits per heavy atom. The summed E-state index contributed by atoms with van der Waals surface area (Å²) < 4.78 is 10.8. The van der Waals surface area contributed by atoms with Crippen LogP contribution >= 0.6 is 0 Å². The smallest absolute Gasteiger partial charge is 0.337 e. The third kappa shape index (κ3) is 4.36. The quantitative estimate of drug-likeness (QED) is 0.803. The highest BCUT2D eigenvalue weighted by molar-refractivity contribution is 5.93. The summed E-state index contributed by atoms with van der Waals surface area (Å²) in [6.07, 6.45) is -0.132. The van der Waals surface area contributed by atoms with Crippen LogP contribution in [0.25, 0.3) is 0 Å². The minimum Gasteiger partial charge on any atom is -0.485 e. The molecule has 1 heterocycles. The standard InChI is InChI=1S/C21H25N3O4/c1-4-24-14-17(28-19-11-6-5-10-18(19)24)13-23(2)21(26)22-16-9-7-8-15(12-16)20(25)27-3/h5-12,17H,4,13-14H2,1-3H3,(H,22,26). The van der Waals surface area contributed by atoms with Gasteiger partial charge in [0.1, 0.15) is 11.9 Å². The summed E-state index contributed by atoms with van der Waals surface area (Å²) in [5, 5.41) is 2.81. The molecule has 3 rings (SSSR count). The molecule has 1 aliphatic rings. The van der Waals surface area contributed by atoms with E-state index in [2.05, 4.69) is 17.1 Å². The summed E-state index contributed by atoms with van der Waals surface area (Å²) in [5.74, 6) is 0.388. The molecule has 7 heteroatoms. The summed E-state index contributed by atoms with van der Waals surface area (Å²) in [5.41, 5.74) is 1.99. The fraction of sp³-hybridized carbons (Fsp3) is 0.333. The fourth-order valence-electron chi connectivity index (χ4n) is 3.22. The van der Waals surface area contributed by atoms with Crippen LogP contribution in [0.2, 0.25) is 0 Å². The van der Waals surface area contributed by atoms with Gasteiger partial charge in [-0.05, 0) is 37.3 Å². The van der Waals surface area contributed by atoms with Crippen LogP contribution in [0.5, 0.6) is 5.75 Å². The van der Waals surface area contributed by atoms with E-state index in [1.54, 1.807) is 36.2 Å². The molecule has 0 aliphatic carbocycles. The maximum atomic E-state index is 12.6. The van der Waals surface area contributed by atoms with E-state index in [-0.39, 0.29) is 12.1 Å². The van der Waals surface area contributed by atoms with Gasteiger partial charge in [0.2, 0.25) is 0 Å². The van der Waals surface area contributed by atoms with Crippen LogP contribution in [-0.4, -0.2) is 56.8 Å². The molecule has 0 saturated carbocycles. The Kier molecular flexibility index (Phi) is 6.03. The highest BCUT2D eigenvalue weighted by atomic mass is 16.5. The van der Waals surface area contributed by atoms with Crippen LogP contribution in [0.1, 0.15) is 17.3 Å². The average molecular weight is 383 g/mol. The van der Waals surface area contributed by atoms with E-state index in [4.69, 9.17) is 9.47 Å². The lowest BCUT2D eigenvalue weighted by Gasteiger charge is -2.37. The number of benzene rings is 2. The van der Waals surface area contributed by atoms with Crippen LogP contribution in [0.3, 0.4) is 0 Å². The number of carbonyl (C=O) groups is 2. The largest absolute Gasteiger partial charge is 0.485 e. The van der Waals surface area contributed by atoms with Gasteiger partial charge in [-0.15, -0.1) is 0 Å². The number of rotatable bonds is 5. The number of nitrogens with zero attached hydrogens (tertiary/aromatic N) is 2. The molecular weight excluding hydrogens is 358 g/mol. The molecule has 0 bridgehead atoms. The summed E-state index contributed by atoms with van der Waals surface area (Å²) in [4.78, 5) is 28.0. The molecule has 2 amide bonds. The van der Waals surface area contributed by atoms with E-state index in [0.29, 0.717) is 24.3 Å². The number of nitrogens with one attached hydrogen (secondary N) is 1. The maximum Gasteiger partial charge on any atom is 0.337 e. The second kappa shape index (κ2) is 8.65. The predicted molar refractivity (Wildman–Crippen MR) is 108 cm³/mol. The summed E-state index contributed by atoms with van der Waals surface area (Å²) in [7, 11) is 3.04. The Balaban J connectivity index is 1.63. The number of hydrogen-bond acceptors (Lipinski definition) is 5. The van der Waals surface area contributed by atoms with Crippen LogP contribution in [-0.2, 0) is 4.74 Å². The minimum atomic E-state index is -0.446. The Labute approximate surface area is 164 Å². The maximum absolute atomic E-state index is 12.6. The Morgan fingerprint density at radius 1 is 1.25 bits per heavy atom. The van der Waals surface area contributed by atoms with Gasteiger partial charge >= 0.3 is 12.0 Å². The molecule has 0 aromatic heterocycles. The lowest BCUT2D eigenvalue weighted by Crippen LogP contribution is -2.47. The zero-order valence-corrected chi connectivity index (χ0v) is 16.3. The topological polar surface area (TPSA) is 71.1 Å². The van der Waals surface area contributed by atoms with Crippen LogP contribution in [0.4, 0.5) is 16.2 Å². The van der Waals surface area contributed by atoms with Crippen molar-refractivity contribution in [1.82, 2.24) is 4.90 Å². The van der Waals surface area contributed by atoms with Crippen LogP contribution in [0.15, 0.2) is 48.5 Å². The molecule has 0 spiro atoms. The van der Waals surface area contributed by atoms with Gasteiger partial charge in [0.05, 0.1) is 31.5 Å². The Hall–Kier alpha value is -3.22. The monoisotopic (exact) mass is 383 g/mol. The van der Waals surface area contributed by atoms with Crippen molar-refractivity contribution in [3.05, 3.63) is 54.1 Å².